The Morgan fingerprint density at radius 2 is 2.07 bits per heavy atom. The molecule has 0 aromatic heterocycles. The van der Waals surface area contributed by atoms with Crippen LogP contribution in [0.15, 0.2) is 24.3 Å². The molecule has 0 fully saturated rings. The Hall–Kier alpha value is -1.39. The van der Waals surface area contributed by atoms with Gasteiger partial charge in [-0.05, 0) is 12.5 Å². The van der Waals surface area contributed by atoms with Crippen molar-refractivity contribution in [2.45, 2.75) is 19.1 Å². The third kappa shape index (κ3) is 2.10. The van der Waals surface area contributed by atoms with Gasteiger partial charge < -0.3 is 20.7 Å². The molecule has 0 heterocycles. The van der Waals surface area contributed by atoms with Crippen molar-refractivity contribution in [2.75, 3.05) is 0 Å². The second kappa shape index (κ2) is 4.21. The van der Waals surface area contributed by atoms with Gasteiger partial charge in [-0.1, -0.05) is 24.3 Å². The second-order valence-electron chi connectivity index (χ2n) is 3.23. The third-order valence-electron chi connectivity index (χ3n) is 2.21. The second-order valence-corrected chi connectivity index (χ2v) is 3.23. The molecule has 0 saturated carbocycles. The fraction of sp³-hybridized carbons (Fsp3) is 0.300. The van der Waals surface area contributed by atoms with Crippen LogP contribution in [0.1, 0.15) is 17.2 Å². The SMILES string of the molecule is Cc1ccccc1[C@@H]([NH3+])[C@@H](O)C(=O)[O-]. The van der Waals surface area contributed by atoms with Crippen molar-refractivity contribution in [3.8, 4) is 0 Å². The predicted molar refractivity (Wildman–Crippen MR) is 47.8 cm³/mol. The molecule has 1 aromatic carbocycles. The summed E-state index contributed by atoms with van der Waals surface area (Å²) in [5.41, 5.74) is 5.26. The van der Waals surface area contributed by atoms with Crippen LogP contribution < -0.4 is 10.8 Å². The molecule has 4 nitrogen and oxygen atoms in total. The van der Waals surface area contributed by atoms with E-state index < -0.39 is 18.1 Å². The molecule has 0 unspecified atom stereocenters. The van der Waals surface area contributed by atoms with Crippen LogP contribution >= 0.6 is 0 Å². The molecule has 0 aliphatic carbocycles. The number of rotatable bonds is 3. The van der Waals surface area contributed by atoms with Crippen molar-refractivity contribution in [1.82, 2.24) is 0 Å². The summed E-state index contributed by atoms with van der Waals surface area (Å²) in [4.78, 5) is 10.4. The van der Waals surface area contributed by atoms with Gasteiger partial charge >= 0.3 is 0 Å². The van der Waals surface area contributed by atoms with E-state index >= 15 is 0 Å². The quantitative estimate of drug-likeness (QED) is 0.608. The molecule has 0 bridgehead atoms. The Bertz CT molecular complexity index is 338. The van der Waals surface area contributed by atoms with E-state index in [-0.39, 0.29) is 0 Å². The topological polar surface area (TPSA) is 88.0 Å². The highest BCUT2D eigenvalue weighted by Gasteiger charge is 2.22. The molecular formula is C10H13NO3. The fourth-order valence-corrected chi connectivity index (χ4v) is 1.34. The first-order chi connectivity index (χ1) is 6.54. The van der Waals surface area contributed by atoms with Gasteiger partial charge in [0.25, 0.3) is 0 Å². The molecule has 0 amide bonds. The Kier molecular flexibility index (Phi) is 3.22. The summed E-state index contributed by atoms with van der Waals surface area (Å²) >= 11 is 0. The lowest BCUT2D eigenvalue weighted by molar-refractivity contribution is -0.448. The molecule has 1 rings (SSSR count). The number of aliphatic carboxylic acids is 1. The molecule has 4 heteroatoms. The van der Waals surface area contributed by atoms with Crippen LogP contribution in [-0.4, -0.2) is 17.2 Å². The Labute approximate surface area is 82.0 Å². The molecule has 2 atom stereocenters. The summed E-state index contributed by atoms with van der Waals surface area (Å²) in [6.45, 7) is 1.84. The highest BCUT2D eigenvalue weighted by Crippen LogP contribution is 2.16. The summed E-state index contributed by atoms with van der Waals surface area (Å²) in [5.74, 6) is -1.49. The van der Waals surface area contributed by atoms with Crippen LogP contribution in [0.2, 0.25) is 0 Å². The number of carboxylic acids is 1. The Morgan fingerprint density at radius 3 is 2.57 bits per heavy atom. The molecule has 76 valence electrons. The van der Waals surface area contributed by atoms with E-state index in [2.05, 4.69) is 5.73 Å². The van der Waals surface area contributed by atoms with Crippen molar-refractivity contribution in [1.29, 1.82) is 0 Å². The predicted octanol–water partition coefficient (Wildman–Crippen LogP) is -1.61. The molecule has 0 spiro atoms. The largest absolute Gasteiger partial charge is 0.547 e. The first-order valence-corrected chi connectivity index (χ1v) is 4.31. The maximum Gasteiger partial charge on any atom is 0.149 e. The van der Waals surface area contributed by atoms with E-state index in [9.17, 15) is 15.0 Å². The minimum absolute atomic E-state index is 0.693. The lowest BCUT2D eigenvalue weighted by Crippen LogP contribution is -2.62. The minimum atomic E-state index is -1.56. The van der Waals surface area contributed by atoms with Gasteiger partial charge in [0.1, 0.15) is 12.1 Å². The maximum atomic E-state index is 10.4. The van der Waals surface area contributed by atoms with Crippen LogP contribution in [0.5, 0.6) is 0 Å². The van der Waals surface area contributed by atoms with Crippen molar-refractivity contribution in [3.05, 3.63) is 35.4 Å². The minimum Gasteiger partial charge on any atom is -0.547 e. The smallest absolute Gasteiger partial charge is 0.149 e. The monoisotopic (exact) mass is 195 g/mol. The van der Waals surface area contributed by atoms with Crippen LogP contribution in [-0.2, 0) is 4.79 Å². The average Bonchev–Trinajstić information content (AvgIpc) is 2.16. The van der Waals surface area contributed by atoms with E-state index in [1.165, 1.54) is 0 Å². The molecule has 0 aliphatic heterocycles. The van der Waals surface area contributed by atoms with Crippen molar-refractivity contribution in [3.63, 3.8) is 0 Å². The zero-order valence-electron chi connectivity index (χ0n) is 7.93. The van der Waals surface area contributed by atoms with E-state index in [0.717, 1.165) is 11.1 Å². The van der Waals surface area contributed by atoms with Gasteiger partial charge in [0.05, 0.1) is 5.97 Å². The van der Waals surface area contributed by atoms with Gasteiger partial charge in [-0.25, -0.2) is 0 Å². The van der Waals surface area contributed by atoms with Crippen LogP contribution in [0.25, 0.3) is 0 Å². The van der Waals surface area contributed by atoms with Gasteiger partial charge in [0.15, 0.2) is 0 Å². The summed E-state index contributed by atoms with van der Waals surface area (Å²) in [5, 5.41) is 19.7. The van der Waals surface area contributed by atoms with Gasteiger partial charge in [-0.3, -0.25) is 0 Å². The van der Waals surface area contributed by atoms with E-state index in [0.29, 0.717) is 0 Å². The molecule has 0 radical (unpaired) electrons. The number of benzene rings is 1. The number of carboxylic acid groups (broad SMARTS) is 1. The normalized spacial score (nSPS) is 14.8. The fourth-order valence-electron chi connectivity index (χ4n) is 1.34. The standard InChI is InChI=1S/C10H13NO3/c1-6-4-2-3-5-7(6)8(11)9(12)10(13)14/h2-5,8-9,12H,11H2,1H3,(H,13,14)/t8-,9-/m1/s1. The number of hydrogen-bond donors (Lipinski definition) is 2. The van der Waals surface area contributed by atoms with E-state index in [4.69, 9.17) is 0 Å². The van der Waals surface area contributed by atoms with Crippen LogP contribution in [0.4, 0.5) is 0 Å². The molecule has 14 heavy (non-hydrogen) atoms. The number of carbonyl (C=O) groups excluding carboxylic acids is 1. The molecule has 0 saturated heterocycles. The van der Waals surface area contributed by atoms with Crippen molar-refractivity contribution in [2.24, 2.45) is 0 Å². The average molecular weight is 195 g/mol. The summed E-state index contributed by atoms with van der Waals surface area (Å²) < 4.78 is 0. The number of aliphatic hydroxyl groups excluding tert-OH is 1. The molecular weight excluding hydrogens is 182 g/mol. The first kappa shape index (κ1) is 10.7. The van der Waals surface area contributed by atoms with E-state index in [1.807, 2.05) is 19.1 Å². The Balaban J connectivity index is 2.94. The molecule has 0 aliphatic rings. The highest BCUT2D eigenvalue weighted by atomic mass is 16.4. The van der Waals surface area contributed by atoms with Gasteiger partial charge in [0.2, 0.25) is 0 Å². The van der Waals surface area contributed by atoms with Crippen LogP contribution in [0.3, 0.4) is 0 Å². The third-order valence-corrected chi connectivity index (χ3v) is 2.21. The van der Waals surface area contributed by atoms with Gasteiger partial charge in [-0.15, -0.1) is 0 Å². The summed E-state index contributed by atoms with van der Waals surface area (Å²) in [6.07, 6.45) is -1.56. The maximum absolute atomic E-state index is 10.4. The van der Waals surface area contributed by atoms with Crippen molar-refractivity contribution >= 4 is 5.97 Å². The first-order valence-electron chi connectivity index (χ1n) is 4.31. The van der Waals surface area contributed by atoms with Gasteiger partial charge in [-0.2, -0.15) is 0 Å². The Morgan fingerprint density at radius 1 is 1.50 bits per heavy atom. The lowest BCUT2D eigenvalue weighted by atomic mass is 9.98. The molecule has 1 aromatic rings. The number of quaternary nitrogens is 1. The summed E-state index contributed by atoms with van der Waals surface area (Å²) in [7, 11) is 0. The van der Waals surface area contributed by atoms with Crippen molar-refractivity contribution < 1.29 is 20.7 Å². The van der Waals surface area contributed by atoms with Gasteiger partial charge in [0, 0.05) is 5.56 Å². The molecule has 4 N–H and O–H groups in total. The lowest BCUT2D eigenvalue weighted by Gasteiger charge is -2.18. The van der Waals surface area contributed by atoms with Crippen LogP contribution in [0, 0.1) is 6.92 Å². The number of aryl methyl sites for hydroxylation is 1. The zero-order chi connectivity index (χ0) is 10.7. The summed E-state index contributed by atoms with van der Waals surface area (Å²) in [6, 6.07) is 6.52. The number of carbonyl (C=O) groups is 1. The zero-order valence-corrected chi connectivity index (χ0v) is 7.93. The van der Waals surface area contributed by atoms with E-state index in [1.54, 1.807) is 12.1 Å². The number of aliphatic hydroxyl groups is 1. The highest BCUT2D eigenvalue weighted by molar-refractivity contribution is 5.70. The number of hydrogen-bond acceptors (Lipinski definition) is 3.